The van der Waals surface area contributed by atoms with E-state index in [1.54, 1.807) is 19.2 Å². The van der Waals surface area contributed by atoms with E-state index in [2.05, 4.69) is 4.98 Å². The number of carbonyl (C=O) groups is 1. The Kier molecular flexibility index (Phi) is 3.89. The topological polar surface area (TPSA) is 39.2 Å². The van der Waals surface area contributed by atoms with E-state index in [1.165, 1.54) is 0 Å². The van der Waals surface area contributed by atoms with Crippen molar-refractivity contribution in [1.29, 1.82) is 0 Å². The van der Waals surface area contributed by atoms with Crippen LogP contribution in [-0.2, 0) is 16.0 Å². The van der Waals surface area contributed by atoms with Gasteiger partial charge in [-0.1, -0.05) is 11.6 Å². The Morgan fingerprint density at radius 2 is 2.36 bits per heavy atom. The fraction of sp³-hybridized carbons (Fsp3) is 0.400. The maximum Gasteiger partial charge on any atom is 0.310 e. The van der Waals surface area contributed by atoms with Crippen molar-refractivity contribution in [2.45, 2.75) is 20.3 Å². The van der Waals surface area contributed by atoms with Crippen LogP contribution in [0.5, 0.6) is 0 Å². The minimum absolute atomic E-state index is 0.238. The first-order valence-electron chi connectivity index (χ1n) is 4.40. The first kappa shape index (κ1) is 11.0. The molecule has 4 heteroatoms. The summed E-state index contributed by atoms with van der Waals surface area (Å²) >= 11 is 5.71. The van der Waals surface area contributed by atoms with Gasteiger partial charge in [0, 0.05) is 6.20 Å². The van der Waals surface area contributed by atoms with Gasteiger partial charge in [0.1, 0.15) is 5.15 Å². The molecule has 0 aliphatic heterocycles. The van der Waals surface area contributed by atoms with Crippen LogP contribution in [0, 0.1) is 6.92 Å². The zero-order valence-corrected chi connectivity index (χ0v) is 8.97. The Morgan fingerprint density at radius 1 is 1.64 bits per heavy atom. The average molecular weight is 214 g/mol. The van der Waals surface area contributed by atoms with E-state index in [4.69, 9.17) is 16.3 Å². The predicted molar refractivity (Wildman–Crippen MR) is 54.3 cm³/mol. The molecule has 0 fully saturated rings. The number of rotatable bonds is 3. The van der Waals surface area contributed by atoms with Crippen LogP contribution in [0.15, 0.2) is 12.3 Å². The number of aryl methyl sites for hydroxylation is 1. The Bertz CT molecular complexity index is 339. The third-order valence-corrected chi connectivity index (χ3v) is 2.03. The van der Waals surface area contributed by atoms with Crippen molar-refractivity contribution >= 4 is 17.6 Å². The van der Waals surface area contributed by atoms with E-state index in [1.807, 2.05) is 6.92 Å². The fourth-order valence-corrected chi connectivity index (χ4v) is 1.27. The second-order valence-electron chi connectivity index (χ2n) is 2.92. The van der Waals surface area contributed by atoms with E-state index >= 15 is 0 Å². The van der Waals surface area contributed by atoms with Crippen molar-refractivity contribution in [3.05, 3.63) is 28.5 Å². The molecule has 3 nitrogen and oxygen atoms in total. The van der Waals surface area contributed by atoms with Crippen LogP contribution in [0.1, 0.15) is 18.1 Å². The number of carbonyl (C=O) groups excluding carboxylic acids is 1. The summed E-state index contributed by atoms with van der Waals surface area (Å²) in [5, 5.41) is 0.398. The first-order chi connectivity index (χ1) is 6.63. The minimum Gasteiger partial charge on any atom is -0.466 e. The maximum absolute atomic E-state index is 11.2. The third kappa shape index (κ3) is 3.00. The molecule has 0 spiro atoms. The molecule has 0 atom stereocenters. The average Bonchev–Trinajstić information content (AvgIpc) is 2.12. The van der Waals surface area contributed by atoms with Gasteiger partial charge in [-0.25, -0.2) is 4.98 Å². The summed E-state index contributed by atoms with van der Waals surface area (Å²) in [5.74, 6) is -0.238. The van der Waals surface area contributed by atoms with Gasteiger partial charge in [0.05, 0.1) is 13.0 Å². The Morgan fingerprint density at radius 3 is 3.00 bits per heavy atom. The zero-order valence-electron chi connectivity index (χ0n) is 8.21. The van der Waals surface area contributed by atoms with Crippen LogP contribution in [0.4, 0.5) is 0 Å². The second-order valence-corrected chi connectivity index (χ2v) is 3.30. The van der Waals surface area contributed by atoms with Crippen LogP contribution < -0.4 is 0 Å². The summed E-state index contributed by atoms with van der Waals surface area (Å²) in [7, 11) is 0. The largest absolute Gasteiger partial charge is 0.466 e. The first-order valence-corrected chi connectivity index (χ1v) is 4.78. The van der Waals surface area contributed by atoms with E-state index in [0.29, 0.717) is 11.8 Å². The van der Waals surface area contributed by atoms with Crippen molar-refractivity contribution < 1.29 is 9.53 Å². The van der Waals surface area contributed by atoms with Crippen LogP contribution in [0.2, 0.25) is 5.15 Å². The highest BCUT2D eigenvalue weighted by Crippen LogP contribution is 2.13. The monoisotopic (exact) mass is 213 g/mol. The second kappa shape index (κ2) is 4.96. The zero-order chi connectivity index (χ0) is 10.6. The lowest BCUT2D eigenvalue weighted by molar-refractivity contribution is -0.142. The SMILES string of the molecule is CCOC(=O)Cc1cc(Cl)ncc1C. The number of pyridine rings is 1. The lowest BCUT2D eigenvalue weighted by atomic mass is 10.1. The molecule has 1 aromatic heterocycles. The highest BCUT2D eigenvalue weighted by Gasteiger charge is 2.07. The molecule has 14 heavy (non-hydrogen) atoms. The van der Waals surface area contributed by atoms with Crippen molar-refractivity contribution in [3.8, 4) is 0 Å². The molecular formula is C10H12ClNO2. The lowest BCUT2D eigenvalue weighted by Gasteiger charge is -2.05. The number of ether oxygens (including phenoxy) is 1. The van der Waals surface area contributed by atoms with Gasteiger partial charge in [0.15, 0.2) is 0 Å². The highest BCUT2D eigenvalue weighted by molar-refractivity contribution is 6.29. The number of nitrogens with zero attached hydrogens (tertiary/aromatic N) is 1. The van der Waals surface area contributed by atoms with Gasteiger partial charge in [0.25, 0.3) is 0 Å². The molecule has 0 radical (unpaired) electrons. The molecular weight excluding hydrogens is 202 g/mol. The third-order valence-electron chi connectivity index (χ3n) is 1.82. The molecule has 0 N–H and O–H groups in total. The molecule has 1 rings (SSSR count). The summed E-state index contributed by atoms with van der Waals surface area (Å²) in [6.45, 7) is 4.07. The number of halogens is 1. The molecule has 1 heterocycles. The van der Waals surface area contributed by atoms with Gasteiger partial charge in [-0.2, -0.15) is 0 Å². The summed E-state index contributed by atoms with van der Waals surface area (Å²) < 4.78 is 4.84. The molecule has 0 unspecified atom stereocenters. The molecule has 0 saturated heterocycles. The minimum atomic E-state index is -0.238. The van der Waals surface area contributed by atoms with Crippen molar-refractivity contribution in [2.75, 3.05) is 6.61 Å². The number of hydrogen-bond donors (Lipinski definition) is 0. The van der Waals surface area contributed by atoms with Crippen molar-refractivity contribution in [1.82, 2.24) is 4.98 Å². The summed E-state index contributed by atoms with van der Waals surface area (Å²) in [6, 6.07) is 1.69. The van der Waals surface area contributed by atoms with Gasteiger partial charge < -0.3 is 4.74 Å². The van der Waals surface area contributed by atoms with Crippen molar-refractivity contribution in [2.24, 2.45) is 0 Å². The van der Waals surface area contributed by atoms with E-state index in [-0.39, 0.29) is 12.4 Å². The normalized spacial score (nSPS) is 9.93. The standard InChI is InChI=1S/C10H12ClNO2/c1-3-14-10(13)5-8-4-9(11)12-6-7(8)2/h4,6H,3,5H2,1-2H3. The van der Waals surface area contributed by atoms with E-state index < -0.39 is 0 Å². The van der Waals surface area contributed by atoms with Crippen LogP contribution >= 0.6 is 11.6 Å². The molecule has 0 saturated carbocycles. The molecule has 0 aromatic carbocycles. The van der Waals surface area contributed by atoms with Crippen LogP contribution in [0.25, 0.3) is 0 Å². The van der Waals surface area contributed by atoms with Gasteiger partial charge in [-0.3, -0.25) is 4.79 Å². The predicted octanol–water partition coefficient (Wildman–Crippen LogP) is 2.15. The number of hydrogen-bond acceptors (Lipinski definition) is 3. The summed E-state index contributed by atoms with van der Waals surface area (Å²) in [5.41, 5.74) is 1.81. The van der Waals surface area contributed by atoms with Gasteiger partial charge in [-0.05, 0) is 31.0 Å². The van der Waals surface area contributed by atoms with Crippen LogP contribution in [0.3, 0.4) is 0 Å². The number of esters is 1. The van der Waals surface area contributed by atoms with Crippen LogP contribution in [-0.4, -0.2) is 17.6 Å². The van der Waals surface area contributed by atoms with Gasteiger partial charge in [-0.15, -0.1) is 0 Å². The molecule has 0 amide bonds. The molecule has 1 aromatic rings. The summed E-state index contributed by atoms with van der Waals surface area (Å²) in [6.07, 6.45) is 1.90. The smallest absolute Gasteiger partial charge is 0.310 e. The molecule has 0 aliphatic rings. The Labute approximate surface area is 88.1 Å². The number of aromatic nitrogens is 1. The molecule has 76 valence electrons. The Balaban J connectivity index is 2.75. The van der Waals surface area contributed by atoms with E-state index in [9.17, 15) is 4.79 Å². The fourth-order valence-electron chi connectivity index (χ4n) is 1.09. The quantitative estimate of drug-likeness (QED) is 0.571. The Hall–Kier alpha value is -1.09. The summed E-state index contributed by atoms with van der Waals surface area (Å²) in [4.78, 5) is 15.1. The van der Waals surface area contributed by atoms with Gasteiger partial charge in [0.2, 0.25) is 0 Å². The van der Waals surface area contributed by atoms with Gasteiger partial charge >= 0.3 is 5.97 Å². The maximum atomic E-state index is 11.2. The molecule has 0 aliphatic carbocycles. The highest BCUT2D eigenvalue weighted by atomic mass is 35.5. The lowest BCUT2D eigenvalue weighted by Crippen LogP contribution is -2.08. The molecule has 0 bridgehead atoms. The van der Waals surface area contributed by atoms with Crippen molar-refractivity contribution in [3.63, 3.8) is 0 Å². The van der Waals surface area contributed by atoms with E-state index in [0.717, 1.165) is 11.1 Å².